The molecule has 3 aliphatic rings. The Morgan fingerprint density at radius 2 is 1.95 bits per heavy atom. The monoisotopic (exact) mass is 300 g/mol. The molecule has 0 aromatic rings. The van der Waals surface area contributed by atoms with Crippen LogP contribution in [0.4, 0.5) is 0 Å². The summed E-state index contributed by atoms with van der Waals surface area (Å²) in [6.07, 6.45) is 9.52. The van der Waals surface area contributed by atoms with Gasteiger partial charge in [0.1, 0.15) is 6.29 Å². The van der Waals surface area contributed by atoms with E-state index < -0.39 is 6.10 Å². The Balaban J connectivity index is 2.19. The smallest absolute Gasteiger partial charge is 0.146 e. The van der Waals surface area contributed by atoms with Crippen LogP contribution in [0.1, 0.15) is 59.8 Å². The topological polar surface area (TPSA) is 37.3 Å². The predicted octanol–water partition coefficient (Wildman–Crippen LogP) is 4.36. The largest absolute Gasteiger partial charge is 0.392 e. The van der Waals surface area contributed by atoms with Crippen LogP contribution in [0.2, 0.25) is 0 Å². The second kappa shape index (κ2) is 5.19. The Hall–Kier alpha value is -1.15. The molecular formula is C20H28O2. The molecule has 0 amide bonds. The van der Waals surface area contributed by atoms with Crippen molar-refractivity contribution in [1.82, 2.24) is 0 Å². The van der Waals surface area contributed by atoms with Crippen molar-refractivity contribution in [2.75, 3.05) is 0 Å². The number of fused-ring (bicyclic) bond motifs is 3. The molecule has 0 bridgehead atoms. The Labute approximate surface area is 134 Å². The Bertz CT molecular complexity index is 593. The van der Waals surface area contributed by atoms with Crippen LogP contribution in [0.15, 0.2) is 34.4 Å². The molecule has 0 aromatic carbocycles. The zero-order chi connectivity index (χ0) is 16.1. The molecule has 0 saturated heterocycles. The standard InChI is InChI=1S/C20H28O2/c1-13(2)15-7-8-19(3)9-10-20(4)16(18(15)19)6-5-14(12-21)11-17(20)22/h5-6,12-13,17,22H,7-11H2,1-4H3/t17-,19?,20+/m0/s1. The first-order chi connectivity index (χ1) is 10.3. The first-order valence-electron chi connectivity index (χ1n) is 8.60. The second-order valence-electron chi connectivity index (χ2n) is 8.19. The molecule has 0 heterocycles. The molecule has 2 heteroatoms. The molecule has 120 valence electrons. The van der Waals surface area contributed by atoms with E-state index >= 15 is 0 Å². The number of aliphatic hydroxyl groups excluding tert-OH is 1. The third-order valence-corrected chi connectivity index (χ3v) is 6.43. The summed E-state index contributed by atoms with van der Waals surface area (Å²) in [4.78, 5) is 11.2. The molecule has 3 rings (SSSR count). The van der Waals surface area contributed by atoms with E-state index in [4.69, 9.17) is 0 Å². The van der Waals surface area contributed by atoms with Gasteiger partial charge in [0.15, 0.2) is 0 Å². The van der Waals surface area contributed by atoms with Crippen LogP contribution in [0, 0.1) is 16.7 Å². The van der Waals surface area contributed by atoms with Gasteiger partial charge in [0.25, 0.3) is 0 Å². The highest BCUT2D eigenvalue weighted by Crippen LogP contribution is 2.61. The van der Waals surface area contributed by atoms with Gasteiger partial charge in [-0.15, -0.1) is 0 Å². The van der Waals surface area contributed by atoms with Crippen molar-refractivity contribution in [3.63, 3.8) is 0 Å². The van der Waals surface area contributed by atoms with Crippen molar-refractivity contribution >= 4 is 6.29 Å². The van der Waals surface area contributed by atoms with E-state index in [-0.39, 0.29) is 10.8 Å². The summed E-state index contributed by atoms with van der Waals surface area (Å²) >= 11 is 0. The summed E-state index contributed by atoms with van der Waals surface area (Å²) in [6, 6.07) is 0. The molecule has 1 fully saturated rings. The summed E-state index contributed by atoms with van der Waals surface area (Å²) in [5, 5.41) is 10.8. The summed E-state index contributed by atoms with van der Waals surface area (Å²) in [6.45, 7) is 9.13. The average Bonchev–Trinajstić information content (AvgIpc) is 2.76. The SMILES string of the molecule is CC(C)C1=C2C3=CC=C(C=O)C[C@H](O)[C@]3(C)CCC2(C)CC1. The van der Waals surface area contributed by atoms with Gasteiger partial charge in [0.05, 0.1) is 6.10 Å². The van der Waals surface area contributed by atoms with Crippen LogP contribution >= 0.6 is 0 Å². The number of carbonyl (C=O) groups excluding carboxylic acids is 1. The van der Waals surface area contributed by atoms with Crippen molar-refractivity contribution in [3.8, 4) is 0 Å². The highest BCUT2D eigenvalue weighted by atomic mass is 16.3. The molecule has 1 saturated carbocycles. The molecule has 3 aliphatic carbocycles. The fourth-order valence-electron chi connectivity index (χ4n) is 4.74. The molecule has 1 N–H and O–H groups in total. The minimum Gasteiger partial charge on any atom is -0.392 e. The van der Waals surface area contributed by atoms with Gasteiger partial charge >= 0.3 is 0 Å². The van der Waals surface area contributed by atoms with E-state index in [0.717, 1.165) is 19.1 Å². The fraction of sp³-hybridized carbons (Fsp3) is 0.650. The first kappa shape index (κ1) is 15.7. The van der Waals surface area contributed by atoms with Gasteiger partial charge in [-0.05, 0) is 53.7 Å². The van der Waals surface area contributed by atoms with Gasteiger partial charge in [0, 0.05) is 11.8 Å². The maximum absolute atomic E-state index is 11.2. The van der Waals surface area contributed by atoms with Crippen LogP contribution in [-0.2, 0) is 4.79 Å². The number of hydrogen-bond acceptors (Lipinski definition) is 2. The van der Waals surface area contributed by atoms with Gasteiger partial charge in [-0.3, -0.25) is 4.79 Å². The molecule has 0 aliphatic heterocycles. The summed E-state index contributed by atoms with van der Waals surface area (Å²) in [7, 11) is 0. The zero-order valence-electron chi connectivity index (χ0n) is 14.3. The van der Waals surface area contributed by atoms with Crippen LogP contribution in [0.25, 0.3) is 0 Å². The number of aliphatic hydroxyl groups is 1. The van der Waals surface area contributed by atoms with Gasteiger partial charge in [0.2, 0.25) is 0 Å². The van der Waals surface area contributed by atoms with Crippen molar-refractivity contribution < 1.29 is 9.90 Å². The molecule has 1 unspecified atom stereocenters. The lowest BCUT2D eigenvalue weighted by atomic mass is 9.57. The minimum atomic E-state index is -0.469. The van der Waals surface area contributed by atoms with Crippen molar-refractivity contribution in [2.24, 2.45) is 16.7 Å². The van der Waals surface area contributed by atoms with Crippen LogP contribution < -0.4 is 0 Å². The average molecular weight is 300 g/mol. The third kappa shape index (κ3) is 2.15. The molecule has 22 heavy (non-hydrogen) atoms. The van der Waals surface area contributed by atoms with Crippen LogP contribution in [0.5, 0.6) is 0 Å². The van der Waals surface area contributed by atoms with Crippen LogP contribution in [0.3, 0.4) is 0 Å². The number of rotatable bonds is 2. The lowest BCUT2D eigenvalue weighted by molar-refractivity contribution is -0.105. The van der Waals surface area contributed by atoms with E-state index in [2.05, 4.69) is 33.8 Å². The van der Waals surface area contributed by atoms with E-state index in [1.54, 1.807) is 5.57 Å². The molecule has 0 aromatic heterocycles. The van der Waals surface area contributed by atoms with Crippen LogP contribution in [-0.4, -0.2) is 17.5 Å². The van der Waals surface area contributed by atoms with Gasteiger partial charge in [-0.25, -0.2) is 0 Å². The summed E-state index contributed by atoms with van der Waals surface area (Å²) < 4.78 is 0. The van der Waals surface area contributed by atoms with E-state index in [1.807, 2.05) is 6.08 Å². The first-order valence-corrected chi connectivity index (χ1v) is 8.60. The van der Waals surface area contributed by atoms with Crippen molar-refractivity contribution in [1.29, 1.82) is 0 Å². The van der Waals surface area contributed by atoms with Gasteiger partial charge < -0.3 is 5.11 Å². The number of hydrogen-bond donors (Lipinski definition) is 1. The van der Waals surface area contributed by atoms with Gasteiger partial charge in [-0.2, -0.15) is 0 Å². The maximum Gasteiger partial charge on any atom is 0.146 e. The lowest BCUT2D eigenvalue weighted by Crippen LogP contribution is -2.41. The third-order valence-electron chi connectivity index (χ3n) is 6.43. The predicted molar refractivity (Wildman–Crippen MR) is 89.4 cm³/mol. The highest BCUT2D eigenvalue weighted by molar-refractivity contribution is 5.74. The number of aldehydes is 1. The van der Waals surface area contributed by atoms with Gasteiger partial charge in [-0.1, -0.05) is 45.4 Å². The maximum atomic E-state index is 11.2. The Morgan fingerprint density at radius 1 is 1.23 bits per heavy atom. The molecule has 0 spiro atoms. The molecule has 3 atom stereocenters. The van der Waals surface area contributed by atoms with Crippen molar-refractivity contribution in [3.05, 3.63) is 34.4 Å². The highest BCUT2D eigenvalue weighted by Gasteiger charge is 2.51. The zero-order valence-corrected chi connectivity index (χ0v) is 14.3. The second-order valence-corrected chi connectivity index (χ2v) is 8.19. The quantitative estimate of drug-likeness (QED) is 0.770. The number of carbonyl (C=O) groups is 1. The molecule has 0 radical (unpaired) electrons. The fourth-order valence-corrected chi connectivity index (χ4v) is 4.74. The summed E-state index contributed by atoms with van der Waals surface area (Å²) in [5.41, 5.74) is 5.10. The van der Waals surface area contributed by atoms with Crippen molar-refractivity contribution in [2.45, 2.75) is 65.9 Å². The van der Waals surface area contributed by atoms with E-state index in [1.165, 1.54) is 24.0 Å². The number of allylic oxidation sites excluding steroid dienone is 4. The minimum absolute atomic E-state index is 0.222. The summed E-state index contributed by atoms with van der Waals surface area (Å²) in [5.74, 6) is 0.551. The Morgan fingerprint density at radius 3 is 2.59 bits per heavy atom. The molecular weight excluding hydrogens is 272 g/mol. The van der Waals surface area contributed by atoms with E-state index in [0.29, 0.717) is 17.9 Å². The lowest BCUT2D eigenvalue weighted by Gasteiger charge is -2.48. The normalized spacial score (nSPS) is 38.2. The Kier molecular flexibility index (Phi) is 3.71. The molecule has 2 nitrogen and oxygen atoms in total. The van der Waals surface area contributed by atoms with E-state index in [9.17, 15) is 9.90 Å².